The SMILES string of the molecule is CN(C)c1ccc(Nc2nc(C(F)(F)F)c(C(=O)O)s2)cc1. The Morgan fingerprint density at radius 2 is 1.86 bits per heavy atom. The van der Waals surface area contributed by atoms with E-state index in [1.54, 1.807) is 24.3 Å². The summed E-state index contributed by atoms with van der Waals surface area (Å²) in [6.45, 7) is 0. The van der Waals surface area contributed by atoms with Crippen molar-refractivity contribution in [2.75, 3.05) is 24.3 Å². The van der Waals surface area contributed by atoms with E-state index in [4.69, 9.17) is 5.11 Å². The summed E-state index contributed by atoms with van der Waals surface area (Å²) < 4.78 is 38.3. The van der Waals surface area contributed by atoms with E-state index in [2.05, 4.69) is 10.3 Å². The number of nitrogens with one attached hydrogen (secondary N) is 1. The lowest BCUT2D eigenvalue weighted by molar-refractivity contribution is -0.141. The molecule has 0 aliphatic heterocycles. The van der Waals surface area contributed by atoms with Gasteiger partial charge in [0, 0.05) is 25.5 Å². The van der Waals surface area contributed by atoms with Gasteiger partial charge in [-0.15, -0.1) is 0 Å². The number of aromatic carboxylic acids is 1. The van der Waals surface area contributed by atoms with E-state index in [1.807, 2.05) is 19.0 Å². The second kappa shape index (κ2) is 5.84. The van der Waals surface area contributed by atoms with Crippen molar-refractivity contribution >= 4 is 33.8 Å². The monoisotopic (exact) mass is 331 g/mol. The molecule has 0 saturated carbocycles. The van der Waals surface area contributed by atoms with E-state index < -0.39 is 22.7 Å². The quantitative estimate of drug-likeness (QED) is 0.895. The first-order valence-corrected chi connectivity index (χ1v) is 6.86. The molecule has 2 aromatic rings. The van der Waals surface area contributed by atoms with Crippen molar-refractivity contribution in [2.45, 2.75) is 6.18 Å². The van der Waals surface area contributed by atoms with Crippen LogP contribution in [0.15, 0.2) is 24.3 Å². The summed E-state index contributed by atoms with van der Waals surface area (Å²) in [5.41, 5.74) is 0.0503. The largest absolute Gasteiger partial charge is 0.477 e. The van der Waals surface area contributed by atoms with Crippen LogP contribution in [-0.2, 0) is 6.18 Å². The number of nitrogens with zero attached hydrogens (tertiary/aromatic N) is 2. The number of carboxylic acids is 1. The van der Waals surface area contributed by atoms with Crippen molar-refractivity contribution in [3.63, 3.8) is 0 Å². The second-order valence-electron chi connectivity index (χ2n) is 4.57. The highest BCUT2D eigenvalue weighted by atomic mass is 32.1. The lowest BCUT2D eigenvalue weighted by atomic mass is 10.2. The van der Waals surface area contributed by atoms with Gasteiger partial charge in [0.1, 0.15) is 4.88 Å². The van der Waals surface area contributed by atoms with Crippen LogP contribution >= 0.6 is 11.3 Å². The maximum atomic E-state index is 12.8. The molecular formula is C13H12F3N3O2S. The first-order chi connectivity index (χ1) is 10.2. The number of carboxylic acid groups (broad SMARTS) is 1. The number of anilines is 3. The smallest absolute Gasteiger partial charge is 0.435 e. The number of benzene rings is 1. The average Bonchev–Trinajstić information content (AvgIpc) is 2.83. The molecule has 0 atom stereocenters. The molecule has 1 aromatic carbocycles. The zero-order valence-corrected chi connectivity index (χ0v) is 12.4. The highest BCUT2D eigenvalue weighted by Crippen LogP contribution is 2.37. The minimum atomic E-state index is -4.81. The van der Waals surface area contributed by atoms with Crippen molar-refractivity contribution in [1.29, 1.82) is 0 Å². The first kappa shape index (κ1) is 16.1. The minimum Gasteiger partial charge on any atom is -0.477 e. The van der Waals surface area contributed by atoms with Crippen molar-refractivity contribution in [2.24, 2.45) is 0 Å². The number of carbonyl (C=O) groups is 1. The molecule has 0 unspecified atom stereocenters. The Hall–Kier alpha value is -2.29. The molecule has 0 saturated heterocycles. The Bertz CT molecular complexity index is 681. The van der Waals surface area contributed by atoms with Gasteiger partial charge in [-0.3, -0.25) is 0 Å². The first-order valence-electron chi connectivity index (χ1n) is 6.04. The minimum absolute atomic E-state index is 0.123. The lowest BCUT2D eigenvalue weighted by Crippen LogP contribution is -2.11. The Kier molecular flexibility index (Phi) is 4.27. The second-order valence-corrected chi connectivity index (χ2v) is 5.57. The molecule has 118 valence electrons. The van der Waals surface area contributed by atoms with Gasteiger partial charge >= 0.3 is 12.1 Å². The van der Waals surface area contributed by atoms with Crippen LogP contribution in [0.3, 0.4) is 0 Å². The maximum Gasteiger partial charge on any atom is 0.435 e. The molecular weight excluding hydrogens is 319 g/mol. The molecule has 1 heterocycles. The summed E-state index contributed by atoms with van der Waals surface area (Å²) in [4.78, 5) is 15.3. The number of hydrogen-bond donors (Lipinski definition) is 2. The van der Waals surface area contributed by atoms with Crippen molar-refractivity contribution in [3.8, 4) is 0 Å². The average molecular weight is 331 g/mol. The van der Waals surface area contributed by atoms with E-state index in [0.29, 0.717) is 17.0 Å². The molecule has 0 aliphatic carbocycles. The van der Waals surface area contributed by atoms with E-state index in [-0.39, 0.29) is 5.13 Å². The molecule has 0 spiro atoms. The third-order valence-corrected chi connectivity index (χ3v) is 3.68. The van der Waals surface area contributed by atoms with Gasteiger partial charge in [0.2, 0.25) is 0 Å². The number of rotatable bonds is 4. The zero-order valence-electron chi connectivity index (χ0n) is 11.6. The van der Waals surface area contributed by atoms with Crippen LogP contribution in [0.2, 0.25) is 0 Å². The van der Waals surface area contributed by atoms with Crippen LogP contribution in [0.1, 0.15) is 15.4 Å². The topological polar surface area (TPSA) is 65.5 Å². The molecule has 0 fully saturated rings. The fourth-order valence-corrected chi connectivity index (χ4v) is 2.52. The van der Waals surface area contributed by atoms with E-state index in [1.165, 1.54) is 0 Å². The molecule has 0 bridgehead atoms. The fourth-order valence-electron chi connectivity index (χ4n) is 1.68. The Morgan fingerprint density at radius 1 is 1.27 bits per heavy atom. The van der Waals surface area contributed by atoms with Gasteiger partial charge < -0.3 is 15.3 Å². The molecule has 9 heteroatoms. The number of aromatic nitrogens is 1. The highest BCUT2D eigenvalue weighted by Gasteiger charge is 2.39. The molecule has 2 rings (SSSR count). The molecule has 22 heavy (non-hydrogen) atoms. The summed E-state index contributed by atoms with van der Waals surface area (Å²) in [6, 6.07) is 6.90. The van der Waals surface area contributed by atoms with Crippen LogP contribution in [-0.4, -0.2) is 30.2 Å². The Labute approximate surface area is 128 Å². The third-order valence-electron chi connectivity index (χ3n) is 2.72. The van der Waals surface area contributed by atoms with Gasteiger partial charge in [0.15, 0.2) is 10.8 Å². The van der Waals surface area contributed by atoms with Crippen molar-refractivity contribution < 1.29 is 23.1 Å². The van der Waals surface area contributed by atoms with E-state index >= 15 is 0 Å². The summed E-state index contributed by atoms with van der Waals surface area (Å²) in [6.07, 6.45) is -4.81. The van der Waals surface area contributed by atoms with Crippen molar-refractivity contribution in [3.05, 3.63) is 34.8 Å². The molecule has 1 aromatic heterocycles. The van der Waals surface area contributed by atoms with Gasteiger partial charge in [-0.1, -0.05) is 11.3 Å². The van der Waals surface area contributed by atoms with Crippen LogP contribution in [0.4, 0.5) is 29.7 Å². The maximum absolute atomic E-state index is 12.8. The standard InChI is InChI=1S/C13H12F3N3O2S/c1-19(2)8-5-3-7(4-6-8)17-12-18-10(13(14,15)16)9(22-12)11(20)21/h3-6H,1-2H3,(H,17,18)(H,20,21). The van der Waals surface area contributed by atoms with Crippen molar-refractivity contribution in [1.82, 2.24) is 4.98 Å². The Morgan fingerprint density at radius 3 is 2.27 bits per heavy atom. The molecule has 2 N–H and O–H groups in total. The zero-order chi connectivity index (χ0) is 16.5. The van der Waals surface area contributed by atoms with Gasteiger partial charge in [-0.2, -0.15) is 13.2 Å². The van der Waals surface area contributed by atoms with Crippen LogP contribution in [0, 0.1) is 0 Å². The van der Waals surface area contributed by atoms with Gasteiger partial charge in [0.05, 0.1) is 0 Å². The molecule has 0 aliphatic rings. The summed E-state index contributed by atoms with van der Waals surface area (Å²) in [5, 5.41) is 11.4. The fraction of sp³-hybridized carbons (Fsp3) is 0.231. The summed E-state index contributed by atoms with van der Waals surface area (Å²) >= 11 is 0.448. The molecule has 0 radical (unpaired) electrons. The molecule has 0 amide bonds. The van der Waals surface area contributed by atoms with Gasteiger partial charge in [0.25, 0.3) is 0 Å². The molecule has 5 nitrogen and oxygen atoms in total. The number of thiazole rings is 1. The Balaban J connectivity index is 2.28. The predicted octanol–water partition coefficient (Wildman–Crippen LogP) is 3.67. The van der Waals surface area contributed by atoms with Crippen LogP contribution < -0.4 is 10.2 Å². The van der Waals surface area contributed by atoms with Crippen LogP contribution in [0.25, 0.3) is 0 Å². The number of alkyl halides is 3. The van der Waals surface area contributed by atoms with Crippen LogP contribution in [0.5, 0.6) is 0 Å². The van der Waals surface area contributed by atoms with Gasteiger partial charge in [-0.05, 0) is 24.3 Å². The predicted molar refractivity (Wildman–Crippen MR) is 78.1 cm³/mol. The van der Waals surface area contributed by atoms with E-state index in [0.717, 1.165) is 5.69 Å². The normalized spacial score (nSPS) is 11.3. The number of hydrogen-bond acceptors (Lipinski definition) is 5. The lowest BCUT2D eigenvalue weighted by Gasteiger charge is -2.12. The van der Waals surface area contributed by atoms with E-state index in [9.17, 15) is 18.0 Å². The highest BCUT2D eigenvalue weighted by molar-refractivity contribution is 7.17. The summed E-state index contributed by atoms with van der Waals surface area (Å²) in [7, 11) is 3.72. The third kappa shape index (κ3) is 3.48. The summed E-state index contributed by atoms with van der Waals surface area (Å²) in [5.74, 6) is -1.65. The number of halogens is 3. The van der Waals surface area contributed by atoms with Gasteiger partial charge in [-0.25, -0.2) is 9.78 Å².